The molecule has 6 aliphatic rings. The molecule has 12 rings (SSSR count). The van der Waals surface area contributed by atoms with Gasteiger partial charge in [-0.1, -0.05) is 117 Å². The molecular formula is C68H79N9O14S2. The number of sulfonamides is 2. The molecule has 2 aromatic heterocycles. The monoisotopic (exact) mass is 1310 g/mol. The van der Waals surface area contributed by atoms with E-state index in [9.17, 15) is 50.7 Å². The number of nitrogens with one attached hydrogen (secondary N) is 6. The summed E-state index contributed by atoms with van der Waals surface area (Å²) in [5.74, 6) is -3.62. The molecule has 4 aliphatic carbocycles. The van der Waals surface area contributed by atoms with Gasteiger partial charge in [0.05, 0.1) is 40.6 Å². The zero-order valence-electron chi connectivity index (χ0n) is 51.4. The maximum atomic E-state index is 14.2. The van der Waals surface area contributed by atoms with Crippen LogP contribution in [0.25, 0.3) is 44.1 Å². The van der Waals surface area contributed by atoms with Crippen LogP contribution in [0, 0.1) is 11.8 Å². The van der Waals surface area contributed by atoms with Crippen molar-refractivity contribution in [2.45, 2.75) is 150 Å². The van der Waals surface area contributed by atoms with Crippen molar-refractivity contribution in [2.24, 2.45) is 11.8 Å². The van der Waals surface area contributed by atoms with E-state index < -0.39 is 113 Å². The van der Waals surface area contributed by atoms with Gasteiger partial charge < -0.3 is 45.5 Å². The van der Waals surface area contributed by atoms with Crippen LogP contribution in [0.15, 0.2) is 147 Å². The molecule has 7 N–H and O–H groups in total. The highest BCUT2D eigenvalue weighted by molar-refractivity contribution is 7.91. The molecule has 4 heterocycles. The van der Waals surface area contributed by atoms with E-state index in [2.05, 4.69) is 43.9 Å². The summed E-state index contributed by atoms with van der Waals surface area (Å²) in [5, 5.41) is 24.1. The van der Waals surface area contributed by atoms with Crippen molar-refractivity contribution in [1.82, 2.24) is 45.6 Å². The maximum Gasteiger partial charge on any atom is 0.408 e. The minimum absolute atomic E-state index is 0. The Kier molecular flexibility index (Phi) is 19.3. The van der Waals surface area contributed by atoms with Crippen molar-refractivity contribution < 1.29 is 64.9 Å². The lowest BCUT2D eigenvalue weighted by Crippen LogP contribution is -2.60. The third-order valence-corrected chi connectivity index (χ3v) is 20.9. The van der Waals surface area contributed by atoms with Crippen molar-refractivity contribution in [3.8, 4) is 34.3 Å². The molecule has 1 unspecified atom stereocenters. The van der Waals surface area contributed by atoms with Gasteiger partial charge in [0.1, 0.15) is 41.0 Å². The number of hydrogen-bond acceptors (Lipinski definition) is 17. The Balaban J connectivity index is 0.000000210. The zero-order chi connectivity index (χ0) is 65.5. The fraction of sp³-hybridized carbons (Fsp3) is 0.412. The van der Waals surface area contributed by atoms with Crippen LogP contribution in [0.4, 0.5) is 4.79 Å². The second-order valence-electron chi connectivity index (χ2n) is 25.4. The van der Waals surface area contributed by atoms with Gasteiger partial charge in [0.15, 0.2) is 0 Å². The molecule has 6 fully saturated rings. The predicted octanol–water partition coefficient (Wildman–Crippen LogP) is 6.51. The summed E-state index contributed by atoms with van der Waals surface area (Å²) in [6.45, 7) is 14.0. The van der Waals surface area contributed by atoms with E-state index in [4.69, 9.17) is 24.2 Å². The lowest BCUT2D eigenvalue weighted by atomic mass is 10.1. The van der Waals surface area contributed by atoms with Gasteiger partial charge in [-0.25, -0.2) is 31.6 Å². The molecule has 10 atom stereocenters. The molecule has 2 saturated heterocycles. The number of likely N-dealkylation sites (tertiary alicyclic amines) is 1. The van der Waals surface area contributed by atoms with Gasteiger partial charge in [0, 0.05) is 53.1 Å². The average molecular weight is 1310 g/mol. The molecule has 0 spiro atoms. The quantitative estimate of drug-likeness (QED) is 0.0378. The number of hydrogen-bond donors (Lipinski definition) is 7. The first kappa shape index (κ1) is 67.1. The standard InChI is InChI=1S/C38H45N5O9S.C29H30N4O5S.CH4/c1-6-25-20-38(25,35(47)42-53(49,50)27-16-17-27)41-32(45)30-19-26(21-43(30)34(46)31(22(2)44)40-36(48)52-37(3,4)5)51-33-28-15-11-10-14-24(28)18-29(39-33)23-12-8-7-9-13-23;1-2-20-16-29(20,28(35)33-39(36,37)22-12-13-22)32-26(34)25-15-21(17-30-25)38-27-23-11-7-6-10-19(23)14-24(31-27)18-8-4-3-5-9-18;/h6-15,18,22,25-27,30-31,44H,1,16-17,19-21H2,2-5H3,(H,40,48)(H,41,45)(H,42,47);2-11,14,20-22,25,30H,1,12-13,15-17H2,(H,32,34)(H,33,35);1H4/t22-,25+,26?,30-,31-,38+;20-,21-,25+,29-;/m01./s1. The minimum atomic E-state index is -3.93. The Hall–Kier alpha value is -8.78. The van der Waals surface area contributed by atoms with Crippen molar-refractivity contribution in [3.05, 3.63) is 147 Å². The van der Waals surface area contributed by atoms with E-state index >= 15 is 0 Å². The number of aliphatic hydroxyl groups is 1. The van der Waals surface area contributed by atoms with Gasteiger partial charge >= 0.3 is 6.09 Å². The molecule has 4 saturated carbocycles. The fourth-order valence-corrected chi connectivity index (χ4v) is 14.5. The molecule has 23 nitrogen and oxygen atoms in total. The first-order chi connectivity index (χ1) is 43.8. The third-order valence-electron chi connectivity index (χ3n) is 17.3. The average Bonchev–Trinajstić information content (AvgIpc) is 1.61. The first-order valence-corrected chi connectivity index (χ1v) is 33.9. The number of fused-ring (bicyclic) bond motifs is 2. The van der Waals surface area contributed by atoms with Gasteiger partial charge in [-0.3, -0.25) is 33.4 Å². The van der Waals surface area contributed by atoms with Crippen LogP contribution in [-0.2, 0) is 48.8 Å². The fourth-order valence-electron chi connectivity index (χ4n) is 11.8. The Morgan fingerprint density at radius 3 is 1.56 bits per heavy atom. The largest absolute Gasteiger partial charge is 0.472 e. The molecular weight excluding hydrogens is 1230 g/mol. The zero-order valence-corrected chi connectivity index (χ0v) is 53.0. The Bertz CT molecular complexity index is 4110. The van der Waals surface area contributed by atoms with E-state index in [1.165, 1.54) is 17.9 Å². The number of alkyl carbamates (subject to hydrolysis) is 1. The van der Waals surface area contributed by atoms with Crippen molar-refractivity contribution >= 4 is 77.2 Å². The molecule has 2 aliphatic heterocycles. The first-order valence-electron chi connectivity index (χ1n) is 30.8. The second kappa shape index (κ2) is 26.7. The summed E-state index contributed by atoms with van der Waals surface area (Å²) in [6.07, 6.45) is 2.26. The van der Waals surface area contributed by atoms with Crippen LogP contribution in [-0.4, -0.2) is 149 Å². The van der Waals surface area contributed by atoms with Crippen molar-refractivity contribution in [3.63, 3.8) is 0 Å². The topological polar surface area (TPSA) is 320 Å². The lowest BCUT2D eigenvalue weighted by molar-refractivity contribution is -0.142. The number of carbonyl (C=O) groups is 6. The Labute approximate surface area is 541 Å². The van der Waals surface area contributed by atoms with Gasteiger partial charge in [-0.15, -0.1) is 13.2 Å². The SMILES string of the molecule is C.C=C[C@@H]1C[C@]1(NC(=O)[C@@H]1CC(Oc2nc(-c3ccccc3)cc3ccccc23)CN1C(=O)[C@@H](NC(=O)OC(C)(C)C)[C@H](C)O)C(=O)NS(=O)(=O)C1CC1.C=C[C@@H]1C[C@]1(NC(=O)[C@@H]1C[C@@H](Oc2nc(-c3ccccc3)cc3ccccc23)CN1)C(=O)NS(=O)(=O)C1CC1. The molecule has 492 valence electrons. The van der Waals surface area contributed by atoms with Gasteiger partial charge in [-0.05, 0) is 101 Å². The van der Waals surface area contributed by atoms with Crippen LogP contribution in [0.2, 0.25) is 0 Å². The summed E-state index contributed by atoms with van der Waals surface area (Å²) in [6, 6.07) is 35.4. The number of aromatic nitrogens is 2. The predicted molar refractivity (Wildman–Crippen MR) is 350 cm³/mol. The number of aliphatic hydroxyl groups excluding tert-OH is 1. The highest BCUT2D eigenvalue weighted by Gasteiger charge is 2.63. The Morgan fingerprint density at radius 1 is 0.667 bits per heavy atom. The van der Waals surface area contributed by atoms with Crippen LogP contribution in [0.5, 0.6) is 11.8 Å². The van der Waals surface area contributed by atoms with Gasteiger partial charge in [0.2, 0.25) is 49.5 Å². The lowest BCUT2D eigenvalue weighted by Gasteiger charge is -2.31. The molecule has 93 heavy (non-hydrogen) atoms. The number of benzene rings is 4. The summed E-state index contributed by atoms with van der Waals surface area (Å²) in [4.78, 5) is 91.7. The van der Waals surface area contributed by atoms with Crippen molar-refractivity contribution in [1.29, 1.82) is 0 Å². The summed E-state index contributed by atoms with van der Waals surface area (Å²) < 4.78 is 72.5. The van der Waals surface area contributed by atoms with Crippen molar-refractivity contribution in [2.75, 3.05) is 13.1 Å². The van der Waals surface area contributed by atoms with Crippen LogP contribution in [0.1, 0.15) is 86.5 Å². The number of amides is 6. The number of ether oxygens (including phenoxy) is 3. The molecule has 6 aromatic rings. The van der Waals surface area contributed by atoms with Gasteiger partial charge in [-0.2, -0.15) is 0 Å². The molecule has 0 bridgehead atoms. The molecule has 25 heteroatoms. The summed E-state index contributed by atoms with van der Waals surface area (Å²) >= 11 is 0. The number of nitrogens with zero attached hydrogens (tertiary/aromatic N) is 3. The molecule has 6 amide bonds. The minimum Gasteiger partial charge on any atom is -0.472 e. The van der Waals surface area contributed by atoms with Gasteiger partial charge in [0.25, 0.3) is 11.8 Å². The van der Waals surface area contributed by atoms with Crippen LogP contribution >= 0.6 is 0 Å². The van der Waals surface area contributed by atoms with Crippen LogP contribution < -0.4 is 40.2 Å². The van der Waals surface area contributed by atoms with E-state index in [-0.39, 0.29) is 50.6 Å². The Morgan fingerprint density at radius 2 is 1.12 bits per heavy atom. The number of rotatable bonds is 21. The highest BCUT2D eigenvalue weighted by atomic mass is 32.2. The third kappa shape index (κ3) is 15.0. The molecule has 4 aromatic carbocycles. The number of carbonyl (C=O) groups excluding carboxylic acids is 6. The van der Waals surface area contributed by atoms with E-state index in [0.717, 1.165) is 33.0 Å². The van der Waals surface area contributed by atoms with Crippen LogP contribution in [0.3, 0.4) is 0 Å². The number of pyridine rings is 2. The summed E-state index contributed by atoms with van der Waals surface area (Å²) in [7, 11) is -7.66. The van der Waals surface area contributed by atoms with E-state index in [1.54, 1.807) is 26.8 Å². The van der Waals surface area contributed by atoms with E-state index in [1.807, 2.05) is 121 Å². The highest BCUT2D eigenvalue weighted by Crippen LogP contribution is 2.47. The summed E-state index contributed by atoms with van der Waals surface area (Å²) in [5.41, 5.74) is -0.536. The second-order valence-corrected chi connectivity index (χ2v) is 29.4. The maximum absolute atomic E-state index is 14.2. The normalized spacial score (nSPS) is 24.5. The smallest absolute Gasteiger partial charge is 0.408 e. The van der Waals surface area contributed by atoms with E-state index in [0.29, 0.717) is 62.0 Å². The molecule has 0 radical (unpaired) electrons.